The predicted octanol–water partition coefficient (Wildman–Crippen LogP) is 1.81. The number of aryl methyl sites for hydroxylation is 4. The number of carbonyl (C=O) groups is 1. The van der Waals surface area contributed by atoms with Gasteiger partial charge in [-0.2, -0.15) is 0 Å². The highest BCUT2D eigenvalue weighted by molar-refractivity contribution is 7.99. The molecule has 29 heavy (non-hydrogen) atoms. The number of hydrogen-bond acceptors (Lipinski definition) is 6. The highest BCUT2D eigenvalue weighted by Gasteiger charge is 2.21. The average molecular weight is 412 g/mol. The minimum Gasteiger partial charge on any atom is -0.353 e. The number of aromatic nitrogens is 6. The first-order chi connectivity index (χ1) is 14.2. The zero-order chi connectivity index (χ0) is 20.1. The Morgan fingerprint density at radius 1 is 1.17 bits per heavy atom. The second-order valence-corrected chi connectivity index (χ2v) is 8.22. The molecule has 0 fully saturated rings. The summed E-state index contributed by atoms with van der Waals surface area (Å²) in [5, 5.41) is 20.6. The minimum absolute atomic E-state index is 0.0324. The molecule has 1 aliphatic heterocycles. The van der Waals surface area contributed by atoms with Gasteiger partial charge in [0.2, 0.25) is 5.91 Å². The summed E-state index contributed by atoms with van der Waals surface area (Å²) >= 11 is 1.40. The van der Waals surface area contributed by atoms with Crippen molar-refractivity contribution in [3.05, 3.63) is 53.9 Å². The SMILES string of the molecule is Cn1cnnc1SCC(=O)NC1CCc2nnc(CCc3ccccc3)n2CC1. The summed E-state index contributed by atoms with van der Waals surface area (Å²) in [6.45, 7) is 0.841. The highest BCUT2D eigenvalue weighted by Crippen LogP contribution is 2.18. The zero-order valence-corrected chi connectivity index (χ0v) is 17.3. The number of nitrogens with zero attached hydrogens (tertiary/aromatic N) is 6. The molecule has 3 aromatic rings. The third-order valence-corrected chi connectivity index (χ3v) is 6.20. The van der Waals surface area contributed by atoms with Crippen molar-refractivity contribution in [1.82, 2.24) is 34.8 Å². The molecule has 1 unspecified atom stereocenters. The van der Waals surface area contributed by atoms with Crippen molar-refractivity contribution in [2.75, 3.05) is 5.75 Å². The Hall–Kier alpha value is -2.68. The van der Waals surface area contributed by atoms with Crippen LogP contribution in [0.1, 0.15) is 30.1 Å². The van der Waals surface area contributed by atoms with Crippen molar-refractivity contribution in [2.24, 2.45) is 7.05 Å². The van der Waals surface area contributed by atoms with Crippen molar-refractivity contribution in [2.45, 2.75) is 49.8 Å². The van der Waals surface area contributed by atoms with E-state index < -0.39 is 0 Å². The van der Waals surface area contributed by atoms with Crippen LogP contribution in [0, 0.1) is 0 Å². The standard InChI is InChI=1S/C20H25N7OS/c1-26-14-21-25-20(26)29-13-19(28)22-16-8-10-18-24-23-17(27(18)12-11-16)9-7-15-5-3-2-4-6-15/h2-6,14,16H,7-13H2,1H3,(H,22,28). The number of nitrogens with one attached hydrogen (secondary N) is 1. The van der Waals surface area contributed by atoms with Crippen molar-refractivity contribution < 1.29 is 4.79 Å². The van der Waals surface area contributed by atoms with E-state index in [0.717, 1.165) is 55.5 Å². The second-order valence-electron chi connectivity index (χ2n) is 7.27. The van der Waals surface area contributed by atoms with E-state index in [9.17, 15) is 4.79 Å². The number of amides is 1. The number of rotatable bonds is 7. The summed E-state index contributed by atoms with van der Waals surface area (Å²) in [5.74, 6) is 2.44. The molecule has 0 spiro atoms. The molecule has 152 valence electrons. The van der Waals surface area contributed by atoms with Crippen molar-refractivity contribution in [3.8, 4) is 0 Å². The van der Waals surface area contributed by atoms with Gasteiger partial charge in [0.05, 0.1) is 5.75 Å². The molecule has 1 atom stereocenters. The number of hydrogen-bond donors (Lipinski definition) is 1. The Labute approximate surface area is 174 Å². The number of carbonyl (C=O) groups excluding carboxylic acids is 1. The van der Waals surface area contributed by atoms with Crippen LogP contribution in [0.5, 0.6) is 0 Å². The summed E-state index contributed by atoms with van der Waals surface area (Å²) in [7, 11) is 1.87. The van der Waals surface area contributed by atoms with Crippen molar-refractivity contribution in [3.63, 3.8) is 0 Å². The molecule has 3 heterocycles. The van der Waals surface area contributed by atoms with Gasteiger partial charge < -0.3 is 14.5 Å². The normalized spacial score (nSPS) is 16.2. The third kappa shape index (κ3) is 5.03. The Morgan fingerprint density at radius 3 is 2.83 bits per heavy atom. The molecule has 1 aromatic carbocycles. The summed E-state index contributed by atoms with van der Waals surface area (Å²) < 4.78 is 4.05. The van der Waals surface area contributed by atoms with Crippen LogP contribution >= 0.6 is 11.8 Å². The summed E-state index contributed by atoms with van der Waals surface area (Å²) in [6, 6.07) is 10.6. The maximum absolute atomic E-state index is 12.3. The van der Waals surface area contributed by atoms with Crippen LogP contribution in [-0.2, 0) is 37.6 Å². The van der Waals surface area contributed by atoms with Gasteiger partial charge >= 0.3 is 0 Å². The van der Waals surface area contributed by atoms with Gasteiger partial charge in [-0.25, -0.2) is 0 Å². The summed E-state index contributed by atoms with van der Waals surface area (Å²) in [6.07, 6.45) is 6.08. The van der Waals surface area contributed by atoms with Gasteiger partial charge in [-0.15, -0.1) is 20.4 Å². The van der Waals surface area contributed by atoms with Gasteiger partial charge in [0.25, 0.3) is 0 Å². The Kier molecular flexibility index (Phi) is 6.24. The van der Waals surface area contributed by atoms with Gasteiger partial charge in [0, 0.05) is 32.5 Å². The van der Waals surface area contributed by atoms with Crippen LogP contribution in [0.3, 0.4) is 0 Å². The van der Waals surface area contributed by atoms with Crippen LogP contribution in [0.2, 0.25) is 0 Å². The van der Waals surface area contributed by atoms with E-state index in [1.54, 1.807) is 6.33 Å². The fourth-order valence-corrected chi connectivity index (χ4v) is 4.28. The molecule has 8 nitrogen and oxygen atoms in total. The zero-order valence-electron chi connectivity index (χ0n) is 16.5. The van der Waals surface area contributed by atoms with E-state index in [1.807, 2.05) is 17.7 Å². The molecule has 0 radical (unpaired) electrons. The lowest BCUT2D eigenvalue weighted by atomic mass is 10.1. The first-order valence-electron chi connectivity index (χ1n) is 9.90. The van der Waals surface area contributed by atoms with E-state index in [0.29, 0.717) is 5.75 Å². The molecular formula is C20H25N7OS. The van der Waals surface area contributed by atoms with E-state index >= 15 is 0 Å². The monoisotopic (exact) mass is 411 g/mol. The molecule has 2 aromatic heterocycles. The van der Waals surface area contributed by atoms with Crippen LogP contribution in [0.25, 0.3) is 0 Å². The quantitative estimate of drug-likeness (QED) is 0.596. The molecule has 9 heteroatoms. The van der Waals surface area contributed by atoms with Crippen molar-refractivity contribution >= 4 is 17.7 Å². The lowest BCUT2D eigenvalue weighted by molar-refractivity contribution is -0.119. The first-order valence-corrected chi connectivity index (χ1v) is 10.9. The second kappa shape index (κ2) is 9.21. The lowest BCUT2D eigenvalue weighted by Crippen LogP contribution is -2.36. The first kappa shape index (κ1) is 19.6. The van der Waals surface area contributed by atoms with Gasteiger partial charge in [-0.05, 0) is 24.8 Å². The van der Waals surface area contributed by atoms with Crippen LogP contribution < -0.4 is 5.32 Å². The van der Waals surface area contributed by atoms with E-state index in [4.69, 9.17) is 0 Å². The molecule has 0 saturated carbocycles. The molecule has 1 aliphatic rings. The van der Waals surface area contributed by atoms with Crippen molar-refractivity contribution in [1.29, 1.82) is 0 Å². The van der Waals surface area contributed by atoms with E-state index in [1.165, 1.54) is 17.3 Å². The van der Waals surface area contributed by atoms with E-state index in [2.05, 4.69) is 54.5 Å². The fourth-order valence-electron chi connectivity index (χ4n) is 3.58. The van der Waals surface area contributed by atoms with Gasteiger partial charge in [-0.1, -0.05) is 42.1 Å². The third-order valence-electron chi connectivity index (χ3n) is 5.17. The maximum Gasteiger partial charge on any atom is 0.230 e. The summed E-state index contributed by atoms with van der Waals surface area (Å²) in [5.41, 5.74) is 1.31. The van der Waals surface area contributed by atoms with Crippen LogP contribution in [0.4, 0.5) is 0 Å². The Balaban J connectivity index is 1.28. The summed E-state index contributed by atoms with van der Waals surface area (Å²) in [4.78, 5) is 12.3. The number of fused-ring (bicyclic) bond motifs is 1. The predicted molar refractivity (Wildman–Crippen MR) is 110 cm³/mol. The molecule has 1 amide bonds. The molecule has 1 N–H and O–H groups in total. The molecule has 0 bridgehead atoms. The van der Waals surface area contributed by atoms with Crippen LogP contribution in [-0.4, -0.2) is 47.2 Å². The number of thioether (sulfide) groups is 1. The van der Waals surface area contributed by atoms with Gasteiger partial charge in [0.15, 0.2) is 5.16 Å². The molecular weight excluding hydrogens is 386 g/mol. The topological polar surface area (TPSA) is 90.5 Å². The van der Waals surface area contributed by atoms with E-state index in [-0.39, 0.29) is 11.9 Å². The molecule has 4 rings (SSSR count). The maximum atomic E-state index is 12.3. The Bertz CT molecular complexity index is 953. The largest absolute Gasteiger partial charge is 0.353 e. The number of benzene rings is 1. The van der Waals surface area contributed by atoms with Gasteiger partial charge in [-0.3, -0.25) is 4.79 Å². The molecule has 0 saturated heterocycles. The lowest BCUT2D eigenvalue weighted by Gasteiger charge is -2.16. The Morgan fingerprint density at radius 2 is 2.03 bits per heavy atom. The van der Waals surface area contributed by atoms with Gasteiger partial charge in [0.1, 0.15) is 18.0 Å². The average Bonchev–Trinajstić information content (AvgIpc) is 3.27. The fraction of sp³-hybridized carbons (Fsp3) is 0.450. The highest BCUT2D eigenvalue weighted by atomic mass is 32.2. The minimum atomic E-state index is 0.0324. The smallest absolute Gasteiger partial charge is 0.230 e. The molecule has 0 aliphatic carbocycles. The van der Waals surface area contributed by atoms with Crippen LogP contribution in [0.15, 0.2) is 41.8 Å².